The van der Waals surface area contributed by atoms with Crippen LogP contribution in [0.1, 0.15) is 18.2 Å². The van der Waals surface area contributed by atoms with Gasteiger partial charge in [0.25, 0.3) is 5.91 Å². The fraction of sp³-hybridized carbons (Fsp3) is 0.273. The number of hydrogen-bond acceptors (Lipinski definition) is 7. The fourth-order valence-corrected chi connectivity index (χ4v) is 4.30. The Bertz CT molecular complexity index is 941. The SMILES string of the molecule is COc1cc(CSCc2csc(NC(=O)C(C)Oc3ccccc3)n2)cc(OC)c1. The van der Waals surface area contributed by atoms with Crippen LogP contribution in [0, 0.1) is 0 Å². The van der Waals surface area contributed by atoms with Crippen molar-refractivity contribution < 1.29 is 19.0 Å². The van der Waals surface area contributed by atoms with Crippen molar-refractivity contribution >= 4 is 34.1 Å². The molecule has 0 aliphatic carbocycles. The van der Waals surface area contributed by atoms with Crippen LogP contribution in [-0.4, -0.2) is 31.2 Å². The first-order valence-corrected chi connectivity index (χ1v) is 11.4. The maximum atomic E-state index is 12.3. The van der Waals surface area contributed by atoms with E-state index in [1.807, 2.05) is 53.9 Å². The lowest BCUT2D eigenvalue weighted by atomic mass is 10.2. The molecule has 0 spiro atoms. The lowest BCUT2D eigenvalue weighted by molar-refractivity contribution is -0.122. The number of nitrogens with zero attached hydrogens (tertiary/aromatic N) is 1. The van der Waals surface area contributed by atoms with Crippen LogP contribution in [0.2, 0.25) is 0 Å². The van der Waals surface area contributed by atoms with Crippen molar-refractivity contribution in [3.63, 3.8) is 0 Å². The van der Waals surface area contributed by atoms with Crippen LogP contribution < -0.4 is 19.5 Å². The number of aromatic nitrogens is 1. The van der Waals surface area contributed by atoms with Crippen LogP contribution >= 0.6 is 23.1 Å². The molecule has 8 heteroatoms. The van der Waals surface area contributed by atoms with Gasteiger partial charge in [0, 0.05) is 23.0 Å². The third-order valence-electron chi connectivity index (χ3n) is 4.14. The number of rotatable bonds is 10. The zero-order valence-corrected chi connectivity index (χ0v) is 18.7. The average molecular weight is 445 g/mol. The Labute approximate surface area is 184 Å². The molecule has 0 radical (unpaired) electrons. The van der Waals surface area contributed by atoms with E-state index in [0.29, 0.717) is 10.9 Å². The third-order valence-corrected chi connectivity index (χ3v) is 5.98. The summed E-state index contributed by atoms with van der Waals surface area (Å²) in [6, 6.07) is 15.1. The number of amides is 1. The van der Waals surface area contributed by atoms with Gasteiger partial charge < -0.3 is 14.2 Å². The number of carbonyl (C=O) groups is 1. The number of benzene rings is 2. The Morgan fingerprint density at radius 2 is 1.77 bits per heavy atom. The average Bonchev–Trinajstić information content (AvgIpc) is 3.21. The van der Waals surface area contributed by atoms with Gasteiger partial charge in [-0.3, -0.25) is 10.1 Å². The van der Waals surface area contributed by atoms with Crippen molar-refractivity contribution in [3.05, 3.63) is 65.2 Å². The molecule has 0 saturated heterocycles. The fourth-order valence-electron chi connectivity index (χ4n) is 2.62. The van der Waals surface area contributed by atoms with Crippen LogP contribution in [0.15, 0.2) is 53.9 Å². The molecule has 0 aliphatic heterocycles. The van der Waals surface area contributed by atoms with E-state index in [4.69, 9.17) is 14.2 Å². The topological polar surface area (TPSA) is 69.7 Å². The largest absolute Gasteiger partial charge is 0.497 e. The predicted octanol–water partition coefficient (Wildman–Crippen LogP) is 5.00. The monoisotopic (exact) mass is 444 g/mol. The highest BCUT2D eigenvalue weighted by Crippen LogP contribution is 2.27. The molecule has 0 aliphatic rings. The summed E-state index contributed by atoms with van der Waals surface area (Å²) >= 11 is 3.14. The van der Waals surface area contributed by atoms with Gasteiger partial charge in [-0.25, -0.2) is 4.98 Å². The molecule has 158 valence electrons. The van der Waals surface area contributed by atoms with Crippen molar-refractivity contribution in [1.82, 2.24) is 4.98 Å². The molecule has 1 heterocycles. The van der Waals surface area contributed by atoms with Gasteiger partial charge in [0.2, 0.25) is 0 Å². The first-order valence-electron chi connectivity index (χ1n) is 9.34. The molecule has 1 unspecified atom stereocenters. The third kappa shape index (κ3) is 6.40. The zero-order valence-electron chi connectivity index (χ0n) is 17.1. The summed E-state index contributed by atoms with van der Waals surface area (Å²) < 4.78 is 16.3. The Morgan fingerprint density at radius 3 is 2.43 bits per heavy atom. The number of thiazole rings is 1. The van der Waals surface area contributed by atoms with Crippen LogP contribution in [0.5, 0.6) is 17.2 Å². The summed E-state index contributed by atoms with van der Waals surface area (Å²) in [5.74, 6) is 3.52. The Hall–Kier alpha value is -2.71. The summed E-state index contributed by atoms with van der Waals surface area (Å²) in [6.07, 6.45) is -0.614. The molecule has 3 aromatic rings. The van der Waals surface area contributed by atoms with Gasteiger partial charge in [0.1, 0.15) is 17.2 Å². The molecule has 2 aromatic carbocycles. The molecular formula is C22H24N2O4S2. The van der Waals surface area contributed by atoms with E-state index < -0.39 is 6.10 Å². The van der Waals surface area contributed by atoms with E-state index in [1.54, 1.807) is 32.9 Å². The summed E-state index contributed by atoms with van der Waals surface area (Å²) in [4.78, 5) is 16.8. The van der Waals surface area contributed by atoms with Gasteiger partial charge in [0.15, 0.2) is 11.2 Å². The van der Waals surface area contributed by atoms with Crippen molar-refractivity contribution in [2.75, 3.05) is 19.5 Å². The number of hydrogen-bond donors (Lipinski definition) is 1. The number of anilines is 1. The first kappa shape index (κ1) is 22.0. The van der Waals surface area contributed by atoms with E-state index >= 15 is 0 Å². The van der Waals surface area contributed by atoms with Crippen molar-refractivity contribution in [1.29, 1.82) is 0 Å². The quantitative estimate of drug-likeness (QED) is 0.475. The number of carbonyl (C=O) groups excluding carboxylic acids is 1. The maximum absolute atomic E-state index is 12.3. The first-order chi connectivity index (χ1) is 14.6. The molecule has 6 nitrogen and oxygen atoms in total. The second kappa shape index (κ2) is 10.9. The molecule has 30 heavy (non-hydrogen) atoms. The van der Waals surface area contributed by atoms with Crippen molar-refractivity contribution in [2.45, 2.75) is 24.5 Å². The lowest BCUT2D eigenvalue weighted by Crippen LogP contribution is -2.30. The number of nitrogens with one attached hydrogen (secondary N) is 1. The molecule has 1 amide bonds. The van der Waals surface area contributed by atoms with Gasteiger partial charge >= 0.3 is 0 Å². The number of methoxy groups -OCH3 is 2. The lowest BCUT2D eigenvalue weighted by Gasteiger charge is -2.13. The van der Waals surface area contributed by atoms with Crippen LogP contribution in [0.3, 0.4) is 0 Å². The molecule has 3 rings (SSSR count). The molecule has 0 fully saturated rings. The Kier molecular flexibility index (Phi) is 7.98. The van der Waals surface area contributed by atoms with E-state index in [-0.39, 0.29) is 5.91 Å². The molecule has 1 atom stereocenters. The van der Waals surface area contributed by atoms with Gasteiger partial charge in [-0.05, 0) is 36.8 Å². The zero-order chi connectivity index (χ0) is 21.3. The molecule has 0 saturated carbocycles. The minimum Gasteiger partial charge on any atom is -0.497 e. The summed E-state index contributed by atoms with van der Waals surface area (Å²) in [6.45, 7) is 1.72. The van der Waals surface area contributed by atoms with Gasteiger partial charge in [0.05, 0.1) is 19.9 Å². The van der Waals surface area contributed by atoms with Gasteiger partial charge in [-0.1, -0.05) is 18.2 Å². The van der Waals surface area contributed by atoms with Crippen LogP contribution in [0.25, 0.3) is 0 Å². The summed E-state index contributed by atoms with van der Waals surface area (Å²) in [7, 11) is 3.28. The standard InChI is InChI=1S/C22H24N2O4S2/c1-15(28-18-7-5-4-6-8-18)21(25)24-22-23-17(14-30-22)13-29-12-16-9-19(26-2)11-20(10-16)27-3/h4-11,14-15H,12-13H2,1-3H3,(H,23,24,25). The van der Waals surface area contributed by atoms with Crippen LogP contribution in [-0.2, 0) is 16.3 Å². The van der Waals surface area contributed by atoms with Crippen molar-refractivity contribution in [2.24, 2.45) is 0 Å². The van der Waals surface area contributed by atoms with E-state index in [0.717, 1.165) is 34.3 Å². The highest BCUT2D eigenvalue weighted by Gasteiger charge is 2.16. The Morgan fingerprint density at radius 1 is 1.07 bits per heavy atom. The van der Waals surface area contributed by atoms with Crippen LogP contribution in [0.4, 0.5) is 5.13 Å². The Balaban J connectivity index is 1.48. The highest BCUT2D eigenvalue weighted by atomic mass is 32.2. The number of thioether (sulfide) groups is 1. The predicted molar refractivity (Wildman–Crippen MR) is 122 cm³/mol. The van der Waals surface area contributed by atoms with E-state index in [1.165, 1.54) is 11.3 Å². The number of ether oxygens (including phenoxy) is 3. The molecule has 1 aromatic heterocycles. The van der Waals surface area contributed by atoms with Gasteiger partial charge in [-0.15, -0.1) is 11.3 Å². The normalized spacial score (nSPS) is 11.6. The number of para-hydroxylation sites is 1. The summed E-state index contributed by atoms with van der Waals surface area (Å²) in [5.41, 5.74) is 2.04. The highest BCUT2D eigenvalue weighted by molar-refractivity contribution is 7.97. The minimum absolute atomic E-state index is 0.226. The summed E-state index contributed by atoms with van der Waals surface area (Å²) in [5, 5.41) is 5.35. The second-order valence-corrected chi connectivity index (χ2v) is 8.26. The maximum Gasteiger partial charge on any atom is 0.266 e. The van der Waals surface area contributed by atoms with E-state index in [9.17, 15) is 4.79 Å². The molecule has 1 N–H and O–H groups in total. The van der Waals surface area contributed by atoms with E-state index in [2.05, 4.69) is 10.3 Å². The molecular weight excluding hydrogens is 420 g/mol. The minimum atomic E-state index is -0.614. The molecule has 0 bridgehead atoms. The smallest absolute Gasteiger partial charge is 0.266 e. The van der Waals surface area contributed by atoms with Crippen molar-refractivity contribution in [3.8, 4) is 17.2 Å². The second-order valence-electron chi connectivity index (χ2n) is 6.42. The van der Waals surface area contributed by atoms with Gasteiger partial charge in [-0.2, -0.15) is 11.8 Å².